The Hall–Kier alpha value is -0.630. The van der Waals surface area contributed by atoms with Crippen LogP contribution in [0.2, 0.25) is 0 Å². The molecule has 0 aromatic rings. The molecule has 0 aromatic carbocycles. The van der Waals surface area contributed by atoms with E-state index in [1.165, 1.54) is 0 Å². The van der Waals surface area contributed by atoms with Crippen LogP contribution in [0, 0.1) is 17.2 Å². The average molecular weight is 252 g/mol. The van der Waals surface area contributed by atoms with Crippen molar-refractivity contribution in [3.63, 3.8) is 0 Å². The Balaban J connectivity index is 2.34. The van der Waals surface area contributed by atoms with E-state index in [1.807, 2.05) is 0 Å². The number of hydrogen-bond donors (Lipinski definition) is 1. The Morgan fingerprint density at radius 1 is 1.39 bits per heavy atom. The van der Waals surface area contributed by atoms with Gasteiger partial charge in [-0.2, -0.15) is 5.26 Å². The van der Waals surface area contributed by atoms with E-state index in [9.17, 15) is 0 Å². The Bertz CT molecular complexity index is 282. The Morgan fingerprint density at radius 3 is 2.50 bits per heavy atom. The standard InChI is InChI=1S/C14H28N4/c1-11(2)16-13(8-15)6-7-18-9-12(3)14(10-18)17(4)5/h11-14,16H,6-7,9-10H2,1-5H3. The van der Waals surface area contributed by atoms with Gasteiger partial charge in [0.05, 0.1) is 12.1 Å². The van der Waals surface area contributed by atoms with E-state index in [1.54, 1.807) is 0 Å². The van der Waals surface area contributed by atoms with Crippen LogP contribution < -0.4 is 5.32 Å². The van der Waals surface area contributed by atoms with Gasteiger partial charge in [-0.15, -0.1) is 0 Å². The fraction of sp³-hybridized carbons (Fsp3) is 0.929. The Labute approximate surface area is 112 Å². The molecule has 0 bridgehead atoms. The highest BCUT2D eigenvalue weighted by Crippen LogP contribution is 2.20. The number of nitrogens with zero attached hydrogens (tertiary/aromatic N) is 3. The number of likely N-dealkylation sites (tertiary alicyclic amines) is 1. The molecule has 0 aromatic heterocycles. The summed E-state index contributed by atoms with van der Waals surface area (Å²) < 4.78 is 0. The number of rotatable bonds is 6. The largest absolute Gasteiger partial charge is 0.305 e. The molecule has 0 saturated carbocycles. The van der Waals surface area contributed by atoms with Crippen LogP contribution in [0.3, 0.4) is 0 Å². The molecule has 4 nitrogen and oxygen atoms in total. The molecule has 0 radical (unpaired) electrons. The first-order valence-electron chi connectivity index (χ1n) is 6.98. The molecule has 1 saturated heterocycles. The molecule has 1 rings (SSSR count). The summed E-state index contributed by atoms with van der Waals surface area (Å²) >= 11 is 0. The van der Waals surface area contributed by atoms with E-state index in [0.717, 1.165) is 32.0 Å². The predicted octanol–water partition coefficient (Wildman–Crippen LogP) is 1.15. The van der Waals surface area contributed by atoms with Gasteiger partial charge in [-0.1, -0.05) is 6.92 Å². The topological polar surface area (TPSA) is 42.3 Å². The van der Waals surface area contributed by atoms with Gasteiger partial charge in [0.15, 0.2) is 0 Å². The minimum absolute atomic E-state index is 0.0151. The first kappa shape index (κ1) is 15.4. The van der Waals surface area contributed by atoms with Crippen molar-refractivity contribution in [2.75, 3.05) is 33.7 Å². The summed E-state index contributed by atoms with van der Waals surface area (Å²) in [5, 5.41) is 12.4. The van der Waals surface area contributed by atoms with Gasteiger partial charge in [0, 0.05) is 31.7 Å². The molecule has 0 spiro atoms. The molecule has 3 atom stereocenters. The molecular weight excluding hydrogens is 224 g/mol. The normalized spacial score (nSPS) is 26.8. The van der Waals surface area contributed by atoms with Crippen molar-refractivity contribution >= 4 is 0 Å². The molecule has 1 fully saturated rings. The van der Waals surface area contributed by atoms with Gasteiger partial charge in [-0.05, 0) is 40.3 Å². The summed E-state index contributed by atoms with van der Waals surface area (Å²) in [6, 6.07) is 3.37. The zero-order valence-corrected chi connectivity index (χ0v) is 12.5. The van der Waals surface area contributed by atoms with Gasteiger partial charge in [0.2, 0.25) is 0 Å². The number of nitriles is 1. The van der Waals surface area contributed by atoms with Gasteiger partial charge in [-0.25, -0.2) is 0 Å². The Kier molecular flexibility index (Phi) is 6.07. The molecule has 0 aliphatic carbocycles. The van der Waals surface area contributed by atoms with Crippen LogP contribution in [0.25, 0.3) is 0 Å². The van der Waals surface area contributed by atoms with Crippen molar-refractivity contribution in [1.82, 2.24) is 15.1 Å². The van der Waals surface area contributed by atoms with E-state index < -0.39 is 0 Å². The third-order valence-corrected chi connectivity index (χ3v) is 3.74. The van der Waals surface area contributed by atoms with Crippen molar-refractivity contribution in [2.24, 2.45) is 5.92 Å². The van der Waals surface area contributed by atoms with Crippen LogP contribution in [0.4, 0.5) is 0 Å². The number of hydrogen-bond acceptors (Lipinski definition) is 4. The molecule has 1 aliphatic heterocycles. The Morgan fingerprint density at radius 2 is 2.06 bits per heavy atom. The highest BCUT2D eigenvalue weighted by molar-refractivity contribution is 4.93. The lowest BCUT2D eigenvalue weighted by Crippen LogP contribution is -2.37. The first-order valence-corrected chi connectivity index (χ1v) is 6.98. The molecule has 4 heteroatoms. The minimum atomic E-state index is -0.0151. The molecule has 1 heterocycles. The van der Waals surface area contributed by atoms with Crippen molar-refractivity contribution in [1.29, 1.82) is 5.26 Å². The SMILES string of the molecule is CC(C)NC(C#N)CCN1CC(C)C(N(C)C)C1. The molecule has 3 unspecified atom stereocenters. The van der Waals surface area contributed by atoms with Gasteiger partial charge in [-0.3, -0.25) is 5.32 Å². The summed E-state index contributed by atoms with van der Waals surface area (Å²) in [7, 11) is 4.31. The van der Waals surface area contributed by atoms with Crippen LogP contribution in [0.15, 0.2) is 0 Å². The van der Waals surface area contributed by atoms with Gasteiger partial charge in [0.25, 0.3) is 0 Å². The fourth-order valence-electron chi connectivity index (χ4n) is 2.80. The van der Waals surface area contributed by atoms with E-state index in [-0.39, 0.29) is 6.04 Å². The van der Waals surface area contributed by atoms with Crippen LogP contribution in [0.5, 0.6) is 0 Å². The van der Waals surface area contributed by atoms with E-state index >= 15 is 0 Å². The summed E-state index contributed by atoms with van der Waals surface area (Å²) in [6.07, 6.45) is 0.918. The second kappa shape index (κ2) is 7.08. The average Bonchev–Trinajstić information content (AvgIpc) is 2.65. The van der Waals surface area contributed by atoms with Gasteiger partial charge in [0.1, 0.15) is 0 Å². The van der Waals surface area contributed by atoms with Crippen molar-refractivity contribution in [3.8, 4) is 6.07 Å². The molecule has 1 aliphatic rings. The zero-order chi connectivity index (χ0) is 13.7. The van der Waals surface area contributed by atoms with Crippen LogP contribution >= 0.6 is 0 Å². The van der Waals surface area contributed by atoms with Crippen molar-refractivity contribution in [3.05, 3.63) is 0 Å². The highest BCUT2D eigenvalue weighted by Gasteiger charge is 2.30. The van der Waals surface area contributed by atoms with Crippen molar-refractivity contribution in [2.45, 2.75) is 45.3 Å². The number of likely N-dealkylation sites (N-methyl/N-ethyl adjacent to an activating group) is 1. The summed E-state index contributed by atoms with van der Waals surface area (Å²) in [5.74, 6) is 0.721. The lowest BCUT2D eigenvalue weighted by Gasteiger charge is -2.23. The zero-order valence-electron chi connectivity index (χ0n) is 12.5. The minimum Gasteiger partial charge on any atom is -0.305 e. The lowest BCUT2D eigenvalue weighted by atomic mass is 10.1. The third kappa shape index (κ3) is 4.56. The summed E-state index contributed by atoms with van der Waals surface area (Å²) in [4.78, 5) is 4.81. The third-order valence-electron chi connectivity index (χ3n) is 3.74. The van der Waals surface area contributed by atoms with Gasteiger partial charge >= 0.3 is 0 Å². The first-order chi connectivity index (χ1) is 8.43. The molecule has 1 N–H and O–H groups in total. The summed E-state index contributed by atoms with van der Waals surface area (Å²) in [5.41, 5.74) is 0. The lowest BCUT2D eigenvalue weighted by molar-refractivity contribution is 0.249. The van der Waals surface area contributed by atoms with Crippen molar-refractivity contribution < 1.29 is 0 Å². The number of nitrogens with one attached hydrogen (secondary N) is 1. The predicted molar refractivity (Wildman–Crippen MR) is 75.4 cm³/mol. The molecule has 104 valence electrons. The molecular formula is C14H28N4. The fourth-order valence-corrected chi connectivity index (χ4v) is 2.80. The van der Waals surface area contributed by atoms with Crippen LogP contribution in [-0.4, -0.2) is 61.7 Å². The maximum atomic E-state index is 9.10. The second-order valence-corrected chi connectivity index (χ2v) is 6.06. The monoisotopic (exact) mass is 252 g/mol. The van der Waals surface area contributed by atoms with E-state index in [4.69, 9.17) is 5.26 Å². The summed E-state index contributed by atoms with van der Waals surface area (Å²) in [6.45, 7) is 9.80. The second-order valence-electron chi connectivity index (χ2n) is 6.06. The van der Waals surface area contributed by atoms with Crippen LogP contribution in [0.1, 0.15) is 27.2 Å². The van der Waals surface area contributed by atoms with Crippen LogP contribution in [-0.2, 0) is 0 Å². The maximum absolute atomic E-state index is 9.10. The maximum Gasteiger partial charge on any atom is 0.0967 e. The van der Waals surface area contributed by atoms with Gasteiger partial charge < -0.3 is 9.80 Å². The quantitative estimate of drug-likeness (QED) is 0.770. The van der Waals surface area contributed by atoms with E-state index in [2.05, 4.69) is 56.1 Å². The highest BCUT2D eigenvalue weighted by atomic mass is 15.2. The smallest absolute Gasteiger partial charge is 0.0967 e. The van der Waals surface area contributed by atoms with E-state index in [0.29, 0.717) is 12.1 Å². The molecule has 18 heavy (non-hydrogen) atoms. The molecule has 0 amide bonds.